The van der Waals surface area contributed by atoms with Gasteiger partial charge >= 0.3 is 6.18 Å². The summed E-state index contributed by atoms with van der Waals surface area (Å²) in [6.45, 7) is 1.04. The van der Waals surface area contributed by atoms with Crippen LogP contribution in [0.3, 0.4) is 0 Å². The predicted molar refractivity (Wildman–Crippen MR) is 144 cm³/mol. The van der Waals surface area contributed by atoms with Gasteiger partial charge in [0.1, 0.15) is 10.5 Å². The largest absolute Gasteiger partial charge is 0.418 e. The summed E-state index contributed by atoms with van der Waals surface area (Å²) in [6, 6.07) is 9.82. The van der Waals surface area contributed by atoms with Crippen molar-refractivity contribution in [1.29, 1.82) is 0 Å². The van der Waals surface area contributed by atoms with Gasteiger partial charge in [-0.05, 0) is 61.5 Å². The molecule has 204 valence electrons. The molecule has 0 radical (unpaired) electrons. The van der Waals surface area contributed by atoms with Crippen molar-refractivity contribution >= 4 is 57.3 Å². The lowest BCUT2D eigenvalue weighted by Gasteiger charge is -2.15. The van der Waals surface area contributed by atoms with Crippen molar-refractivity contribution in [1.82, 2.24) is 14.1 Å². The van der Waals surface area contributed by atoms with Crippen molar-refractivity contribution in [3.05, 3.63) is 74.2 Å². The zero-order chi connectivity index (χ0) is 27.7. The van der Waals surface area contributed by atoms with Gasteiger partial charge in [-0.3, -0.25) is 14.2 Å². The average Bonchev–Trinajstić information content (AvgIpc) is 3.52. The second kappa shape index (κ2) is 11.2. The number of nitrogens with one attached hydrogen (secondary N) is 1. The number of halogens is 4. The zero-order valence-corrected chi connectivity index (χ0v) is 22.5. The standard InChI is InChI=1S/C25H20F4N4O3S3/c26-14-7-9-15(10-8-14)33-22(35)20-21(32(24(37)39-20)12-16-4-3-11-36-16)31-23(33)38-13-19(34)30-18-6-2-1-5-17(18)25(27,28)29/h1-2,5-10,16H,3-4,11-13H2,(H,30,34)/t16-/m0/s1. The maximum Gasteiger partial charge on any atom is 0.418 e. The van der Waals surface area contributed by atoms with Gasteiger partial charge in [-0.15, -0.1) is 0 Å². The molecule has 4 aromatic rings. The molecule has 0 unspecified atom stereocenters. The maximum absolute atomic E-state index is 13.6. The molecule has 5 rings (SSSR count). The molecule has 7 nitrogen and oxygen atoms in total. The first-order valence-electron chi connectivity index (χ1n) is 11.7. The van der Waals surface area contributed by atoms with Gasteiger partial charge in [-0.2, -0.15) is 13.2 Å². The molecule has 1 saturated heterocycles. The van der Waals surface area contributed by atoms with E-state index >= 15 is 0 Å². The number of alkyl halides is 3. The number of ether oxygens (including phenoxy) is 1. The Morgan fingerprint density at radius 3 is 2.64 bits per heavy atom. The Hall–Kier alpha value is -3.07. The number of aromatic nitrogens is 3. The van der Waals surface area contributed by atoms with E-state index in [-0.39, 0.29) is 27.4 Å². The Morgan fingerprint density at radius 2 is 1.95 bits per heavy atom. The average molecular weight is 597 g/mol. The Balaban J connectivity index is 1.51. The van der Waals surface area contributed by atoms with E-state index in [9.17, 15) is 27.2 Å². The second-order valence-corrected chi connectivity index (χ2v) is 11.2. The summed E-state index contributed by atoms with van der Waals surface area (Å²) in [4.78, 5) is 31.0. The van der Waals surface area contributed by atoms with E-state index < -0.39 is 29.0 Å². The van der Waals surface area contributed by atoms with Gasteiger partial charge in [0.05, 0.1) is 35.3 Å². The predicted octanol–water partition coefficient (Wildman–Crippen LogP) is 6.05. The minimum atomic E-state index is -4.65. The van der Waals surface area contributed by atoms with Gasteiger partial charge in [0.25, 0.3) is 5.56 Å². The molecule has 0 aliphatic carbocycles. The number of anilines is 1. The highest BCUT2D eigenvalue weighted by Gasteiger charge is 2.33. The molecule has 0 bridgehead atoms. The lowest BCUT2D eigenvalue weighted by Crippen LogP contribution is -2.24. The van der Waals surface area contributed by atoms with E-state index in [0.717, 1.165) is 48.1 Å². The Bertz CT molecular complexity index is 1640. The highest BCUT2D eigenvalue weighted by Crippen LogP contribution is 2.35. The van der Waals surface area contributed by atoms with E-state index in [4.69, 9.17) is 17.0 Å². The minimum absolute atomic E-state index is 0.0774. The first kappa shape index (κ1) is 27.5. The quantitative estimate of drug-likeness (QED) is 0.121. The lowest BCUT2D eigenvalue weighted by atomic mass is 10.1. The number of hydrogen-bond donors (Lipinski definition) is 1. The van der Waals surface area contributed by atoms with Gasteiger partial charge in [-0.25, -0.2) is 9.37 Å². The minimum Gasteiger partial charge on any atom is -0.376 e. The van der Waals surface area contributed by atoms with Crippen LogP contribution in [0.15, 0.2) is 58.5 Å². The number of rotatable bonds is 7. The molecule has 0 spiro atoms. The van der Waals surface area contributed by atoms with Gasteiger partial charge in [0.15, 0.2) is 14.8 Å². The number of hydrogen-bond acceptors (Lipinski definition) is 7. The lowest BCUT2D eigenvalue weighted by molar-refractivity contribution is -0.137. The fourth-order valence-electron chi connectivity index (χ4n) is 4.20. The summed E-state index contributed by atoms with van der Waals surface area (Å²) in [5, 5.41) is 2.39. The number of benzene rings is 2. The van der Waals surface area contributed by atoms with Crippen LogP contribution < -0.4 is 10.9 Å². The summed E-state index contributed by atoms with van der Waals surface area (Å²) in [6.07, 6.45) is -2.97. The van der Waals surface area contributed by atoms with Gasteiger partial charge in [0.2, 0.25) is 5.91 Å². The van der Waals surface area contributed by atoms with Crippen molar-refractivity contribution in [3.8, 4) is 5.69 Å². The topological polar surface area (TPSA) is 78.2 Å². The summed E-state index contributed by atoms with van der Waals surface area (Å²) < 4.78 is 63.1. The Kier molecular flexibility index (Phi) is 7.89. The van der Waals surface area contributed by atoms with Crippen molar-refractivity contribution in [2.24, 2.45) is 0 Å². The van der Waals surface area contributed by atoms with Crippen molar-refractivity contribution < 1.29 is 27.1 Å². The highest BCUT2D eigenvalue weighted by atomic mass is 32.2. The second-order valence-electron chi connectivity index (χ2n) is 8.66. The molecule has 3 heterocycles. The third-order valence-corrected chi connectivity index (χ3v) is 8.36. The van der Waals surface area contributed by atoms with Gasteiger partial charge in [-0.1, -0.05) is 35.2 Å². The number of carbonyl (C=O) groups is 1. The van der Waals surface area contributed by atoms with E-state index in [2.05, 4.69) is 10.3 Å². The van der Waals surface area contributed by atoms with Crippen LogP contribution in [0.25, 0.3) is 16.0 Å². The monoisotopic (exact) mass is 596 g/mol. The summed E-state index contributed by atoms with van der Waals surface area (Å²) in [5.41, 5.74) is -1.17. The Morgan fingerprint density at radius 1 is 1.21 bits per heavy atom. The fraction of sp³-hybridized carbons (Fsp3) is 0.280. The highest BCUT2D eigenvalue weighted by molar-refractivity contribution is 7.99. The molecule has 1 aliphatic heterocycles. The van der Waals surface area contributed by atoms with E-state index in [1.54, 1.807) is 4.57 Å². The molecule has 39 heavy (non-hydrogen) atoms. The van der Waals surface area contributed by atoms with E-state index in [1.165, 1.54) is 41.0 Å². The molecule has 1 atom stereocenters. The molecule has 1 fully saturated rings. The van der Waals surface area contributed by atoms with Crippen LogP contribution in [0.1, 0.15) is 18.4 Å². The summed E-state index contributed by atoms with van der Waals surface area (Å²) in [7, 11) is 0. The van der Waals surface area contributed by atoms with Crippen LogP contribution in [0.5, 0.6) is 0 Å². The number of carbonyl (C=O) groups excluding carboxylic acids is 1. The van der Waals surface area contributed by atoms with Crippen LogP contribution >= 0.6 is 35.3 Å². The molecule has 1 aliphatic rings. The number of thioether (sulfide) groups is 1. The van der Waals surface area contributed by atoms with Gasteiger partial charge < -0.3 is 14.6 Å². The number of thiazole rings is 1. The molecular formula is C25H20F4N4O3S3. The SMILES string of the molecule is O=C(CSc1nc2c(sc(=S)n2C[C@@H]2CCCO2)c(=O)n1-c1ccc(F)cc1)Nc1ccccc1C(F)(F)F. The first-order valence-corrected chi connectivity index (χ1v) is 14.0. The van der Waals surface area contributed by atoms with Crippen LogP contribution in [0.4, 0.5) is 23.2 Å². The zero-order valence-electron chi connectivity index (χ0n) is 20.0. The Labute approximate surface area is 232 Å². The number of fused-ring (bicyclic) bond motifs is 1. The normalized spacial score (nSPS) is 15.6. The number of nitrogens with zero attached hydrogens (tertiary/aromatic N) is 3. The maximum atomic E-state index is 13.6. The third-order valence-electron chi connectivity index (χ3n) is 5.99. The summed E-state index contributed by atoms with van der Waals surface area (Å²) in [5.74, 6) is -1.57. The molecule has 2 aromatic carbocycles. The first-order chi connectivity index (χ1) is 18.6. The van der Waals surface area contributed by atoms with Crippen LogP contribution in [0, 0.1) is 9.77 Å². The molecule has 1 amide bonds. The van der Waals surface area contributed by atoms with Crippen molar-refractivity contribution in [2.45, 2.75) is 36.8 Å². The van der Waals surface area contributed by atoms with Gasteiger partial charge in [0, 0.05) is 6.61 Å². The van der Waals surface area contributed by atoms with Crippen molar-refractivity contribution in [2.75, 3.05) is 17.7 Å². The number of para-hydroxylation sites is 1. The number of amides is 1. The van der Waals surface area contributed by atoms with Crippen LogP contribution in [0.2, 0.25) is 0 Å². The molecular weight excluding hydrogens is 576 g/mol. The van der Waals surface area contributed by atoms with Crippen LogP contribution in [-0.4, -0.2) is 38.5 Å². The van der Waals surface area contributed by atoms with E-state index in [0.29, 0.717) is 28.4 Å². The molecule has 14 heteroatoms. The summed E-state index contributed by atoms with van der Waals surface area (Å²) >= 11 is 7.48. The smallest absolute Gasteiger partial charge is 0.376 e. The van der Waals surface area contributed by atoms with Crippen molar-refractivity contribution in [3.63, 3.8) is 0 Å². The fourth-order valence-corrected chi connectivity index (χ4v) is 6.28. The van der Waals surface area contributed by atoms with E-state index in [1.807, 2.05) is 0 Å². The molecule has 2 aromatic heterocycles. The van der Waals surface area contributed by atoms with Crippen LogP contribution in [-0.2, 0) is 22.3 Å². The molecule has 0 saturated carbocycles. The third kappa shape index (κ3) is 5.93. The molecule has 1 N–H and O–H groups in total.